The Hall–Kier alpha value is -1.81. The van der Waals surface area contributed by atoms with Crippen LogP contribution in [0.4, 0.5) is 0 Å². The zero-order valence-corrected chi connectivity index (χ0v) is 12.2. The van der Waals surface area contributed by atoms with Gasteiger partial charge in [-0.05, 0) is 49.1 Å². The van der Waals surface area contributed by atoms with Gasteiger partial charge in [0.2, 0.25) is 5.91 Å². The predicted molar refractivity (Wildman–Crippen MR) is 83.2 cm³/mol. The van der Waals surface area contributed by atoms with E-state index in [1.54, 1.807) is 0 Å². The molecule has 4 nitrogen and oxygen atoms in total. The van der Waals surface area contributed by atoms with Crippen LogP contribution in [-0.2, 0) is 4.79 Å². The number of rotatable bonds is 6. The number of carbonyl (C=O) groups excluding carboxylic acids is 1. The third-order valence-electron chi connectivity index (χ3n) is 3.83. The van der Waals surface area contributed by atoms with Crippen LogP contribution in [-0.4, -0.2) is 31.6 Å². The fourth-order valence-corrected chi connectivity index (χ4v) is 2.44. The third kappa shape index (κ3) is 4.33. The first-order chi connectivity index (χ1) is 10.3. The summed E-state index contributed by atoms with van der Waals surface area (Å²) in [5.41, 5.74) is 2.65. The highest BCUT2D eigenvalue weighted by molar-refractivity contribution is 5.76. The highest BCUT2D eigenvalue weighted by Gasteiger charge is 2.22. The van der Waals surface area contributed by atoms with Crippen molar-refractivity contribution < 1.29 is 9.53 Å². The smallest absolute Gasteiger partial charge is 0.223 e. The lowest BCUT2D eigenvalue weighted by Crippen LogP contribution is -2.26. The summed E-state index contributed by atoms with van der Waals surface area (Å²) >= 11 is 0. The average Bonchev–Trinajstić information content (AvgIpc) is 3.33. The van der Waals surface area contributed by atoms with Crippen molar-refractivity contribution in [3.05, 3.63) is 35.9 Å². The first kappa shape index (κ1) is 14.1. The zero-order valence-electron chi connectivity index (χ0n) is 12.2. The summed E-state index contributed by atoms with van der Waals surface area (Å²) in [6, 6.07) is 8.58. The summed E-state index contributed by atoms with van der Waals surface area (Å²) in [6.07, 6.45) is 5.98. The molecule has 0 unspecified atom stereocenters. The monoisotopic (exact) mass is 286 g/mol. The third-order valence-corrected chi connectivity index (χ3v) is 3.83. The van der Waals surface area contributed by atoms with Crippen LogP contribution in [0.15, 0.2) is 30.3 Å². The SMILES string of the molecule is O=C(CCOc1ccc(C2=CCNCC2)cc1)NC1CC1. The molecule has 2 N–H and O–H groups in total. The predicted octanol–water partition coefficient (Wildman–Crippen LogP) is 2.11. The molecule has 0 bridgehead atoms. The lowest BCUT2D eigenvalue weighted by molar-refractivity contribution is -0.121. The van der Waals surface area contributed by atoms with E-state index in [9.17, 15) is 4.79 Å². The Morgan fingerprint density at radius 1 is 1.29 bits per heavy atom. The molecule has 0 radical (unpaired) electrons. The Kier molecular flexibility index (Phi) is 4.55. The van der Waals surface area contributed by atoms with E-state index in [2.05, 4.69) is 28.8 Å². The van der Waals surface area contributed by atoms with Gasteiger partial charge in [0.25, 0.3) is 0 Å². The van der Waals surface area contributed by atoms with E-state index < -0.39 is 0 Å². The number of nitrogens with one attached hydrogen (secondary N) is 2. The van der Waals surface area contributed by atoms with E-state index in [4.69, 9.17) is 4.74 Å². The normalized spacial score (nSPS) is 18.0. The first-order valence-electron chi connectivity index (χ1n) is 7.73. The van der Waals surface area contributed by atoms with Gasteiger partial charge in [0.1, 0.15) is 5.75 Å². The molecule has 1 aromatic rings. The molecule has 0 atom stereocenters. The molecule has 1 amide bonds. The van der Waals surface area contributed by atoms with Gasteiger partial charge in [-0.1, -0.05) is 18.2 Å². The second-order valence-electron chi connectivity index (χ2n) is 5.65. The van der Waals surface area contributed by atoms with Crippen molar-refractivity contribution in [2.24, 2.45) is 0 Å². The zero-order chi connectivity index (χ0) is 14.5. The second kappa shape index (κ2) is 6.76. The largest absolute Gasteiger partial charge is 0.493 e. The summed E-state index contributed by atoms with van der Waals surface area (Å²) in [6.45, 7) is 2.42. The van der Waals surface area contributed by atoms with Crippen LogP contribution in [0.1, 0.15) is 31.2 Å². The van der Waals surface area contributed by atoms with Crippen molar-refractivity contribution in [1.82, 2.24) is 10.6 Å². The molecule has 4 heteroatoms. The minimum atomic E-state index is 0.0916. The number of ether oxygens (including phenoxy) is 1. The van der Waals surface area contributed by atoms with E-state index in [-0.39, 0.29) is 5.91 Å². The van der Waals surface area contributed by atoms with Gasteiger partial charge in [-0.3, -0.25) is 4.79 Å². The molecule has 1 saturated carbocycles. The van der Waals surface area contributed by atoms with Crippen molar-refractivity contribution in [1.29, 1.82) is 0 Å². The van der Waals surface area contributed by atoms with Crippen molar-refractivity contribution in [2.45, 2.75) is 31.7 Å². The van der Waals surface area contributed by atoms with Gasteiger partial charge in [-0.2, -0.15) is 0 Å². The van der Waals surface area contributed by atoms with Crippen LogP contribution < -0.4 is 15.4 Å². The van der Waals surface area contributed by atoms with Crippen LogP contribution in [0, 0.1) is 0 Å². The standard InChI is InChI=1S/C17H22N2O2/c20-17(19-15-3-4-15)9-12-21-16-5-1-13(2-6-16)14-7-10-18-11-8-14/h1-2,5-7,15,18H,3-4,8-12H2,(H,19,20). The van der Waals surface area contributed by atoms with Gasteiger partial charge in [-0.15, -0.1) is 0 Å². The molecular formula is C17H22N2O2. The topological polar surface area (TPSA) is 50.4 Å². The molecule has 1 heterocycles. The minimum Gasteiger partial charge on any atom is -0.493 e. The van der Waals surface area contributed by atoms with Crippen molar-refractivity contribution >= 4 is 11.5 Å². The van der Waals surface area contributed by atoms with Crippen LogP contribution >= 0.6 is 0 Å². The molecule has 0 spiro atoms. The summed E-state index contributed by atoms with van der Waals surface area (Å²) in [5, 5.41) is 6.27. The number of benzene rings is 1. The Bertz CT molecular complexity index is 518. The lowest BCUT2D eigenvalue weighted by Gasteiger charge is -2.14. The van der Waals surface area contributed by atoms with Crippen molar-refractivity contribution in [3.63, 3.8) is 0 Å². The van der Waals surface area contributed by atoms with Crippen LogP contribution in [0.2, 0.25) is 0 Å². The second-order valence-corrected chi connectivity index (χ2v) is 5.65. The Morgan fingerprint density at radius 2 is 2.10 bits per heavy atom. The van der Waals surface area contributed by atoms with Crippen LogP contribution in [0.25, 0.3) is 5.57 Å². The minimum absolute atomic E-state index is 0.0916. The molecule has 21 heavy (non-hydrogen) atoms. The Morgan fingerprint density at radius 3 is 2.76 bits per heavy atom. The van der Waals surface area contributed by atoms with Crippen LogP contribution in [0.5, 0.6) is 5.75 Å². The van der Waals surface area contributed by atoms with Crippen molar-refractivity contribution in [3.8, 4) is 5.75 Å². The average molecular weight is 286 g/mol. The maximum atomic E-state index is 11.5. The van der Waals surface area contributed by atoms with Gasteiger partial charge in [0, 0.05) is 12.6 Å². The summed E-state index contributed by atoms with van der Waals surface area (Å²) in [5.74, 6) is 0.918. The lowest BCUT2D eigenvalue weighted by atomic mass is 10.0. The Balaban J connectivity index is 1.45. The molecule has 0 saturated heterocycles. The van der Waals surface area contributed by atoms with Gasteiger partial charge in [-0.25, -0.2) is 0 Å². The number of hydrogen-bond acceptors (Lipinski definition) is 3. The molecule has 1 aromatic carbocycles. The highest BCUT2D eigenvalue weighted by Crippen LogP contribution is 2.22. The fraction of sp³-hybridized carbons (Fsp3) is 0.471. The number of amides is 1. The maximum absolute atomic E-state index is 11.5. The van der Waals surface area contributed by atoms with E-state index in [1.807, 2.05) is 12.1 Å². The first-order valence-corrected chi connectivity index (χ1v) is 7.73. The fourth-order valence-electron chi connectivity index (χ4n) is 2.44. The summed E-state index contributed by atoms with van der Waals surface area (Å²) in [7, 11) is 0. The quantitative estimate of drug-likeness (QED) is 0.842. The summed E-state index contributed by atoms with van der Waals surface area (Å²) in [4.78, 5) is 11.5. The Labute approximate surface area is 125 Å². The van der Waals surface area contributed by atoms with E-state index >= 15 is 0 Å². The van der Waals surface area contributed by atoms with E-state index in [0.29, 0.717) is 19.1 Å². The van der Waals surface area contributed by atoms with Gasteiger partial charge >= 0.3 is 0 Å². The molecule has 3 rings (SSSR count). The highest BCUT2D eigenvalue weighted by atomic mass is 16.5. The van der Waals surface area contributed by atoms with Gasteiger partial charge in [0.05, 0.1) is 13.0 Å². The molecule has 1 aliphatic heterocycles. The van der Waals surface area contributed by atoms with Gasteiger partial charge < -0.3 is 15.4 Å². The number of carbonyl (C=O) groups is 1. The van der Waals surface area contributed by atoms with Crippen molar-refractivity contribution in [2.75, 3.05) is 19.7 Å². The van der Waals surface area contributed by atoms with E-state index in [1.165, 1.54) is 11.1 Å². The molecule has 112 valence electrons. The summed E-state index contributed by atoms with van der Waals surface area (Å²) < 4.78 is 5.63. The molecule has 1 aliphatic carbocycles. The number of hydrogen-bond donors (Lipinski definition) is 2. The van der Waals surface area contributed by atoms with Gasteiger partial charge in [0.15, 0.2) is 0 Å². The van der Waals surface area contributed by atoms with Crippen LogP contribution in [0.3, 0.4) is 0 Å². The molecular weight excluding hydrogens is 264 g/mol. The molecule has 1 fully saturated rings. The van der Waals surface area contributed by atoms with E-state index in [0.717, 1.165) is 38.1 Å². The maximum Gasteiger partial charge on any atom is 0.223 e. The molecule has 0 aromatic heterocycles. The molecule has 2 aliphatic rings.